The first-order valence-corrected chi connectivity index (χ1v) is 15.4. The smallest absolute Gasteiger partial charge is 0.276 e. The van der Waals surface area contributed by atoms with Crippen LogP contribution in [-0.4, -0.2) is 50.5 Å². The molecule has 1 aliphatic heterocycles. The molecule has 0 aliphatic carbocycles. The predicted octanol–water partition coefficient (Wildman–Crippen LogP) is 6.67. The Labute approximate surface area is 278 Å². The fourth-order valence-electron chi connectivity index (χ4n) is 6.27. The Kier molecular flexibility index (Phi) is 9.01. The number of pyridine rings is 3. The number of anilines is 2. The van der Waals surface area contributed by atoms with Gasteiger partial charge in [0.15, 0.2) is 17.5 Å². The van der Waals surface area contributed by atoms with Gasteiger partial charge in [0.25, 0.3) is 5.56 Å². The highest BCUT2D eigenvalue weighted by Gasteiger charge is 2.36. The number of rotatable bonds is 5. The minimum absolute atomic E-state index is 0.126. The number of halogens is 5. The fourth-order valence-corrected chi connectivity index (χ4v) is 6.68. The monoisotopic (exact) mass is 683 g/mol. The average Bonchev–Trinajstić information content (AvgIpc) is 3.02. The lowest BCUT2D eigenvalue weighted by atomic mass is 10.0. The van der Waals surface area contributed by atoms with Gasteiger partial charge in [-0.3, -0.25) is 19.1 Å². The van der Waals surface area contributed by atoms with E-state index < -0.39 is 45.0 Å². The third-order valence-electron chi connectivity index (χ3n) is 8.31. The average molecular weight is 685 g/mol. The van der Waals surface area contributed by atoms with E-state index in [1.165, 1.54) is 16.7 Å². The van der Waals surface area contributed by atoms with E-state index in [0.717, 1.165) is 0 Å². The first-order valence-electron chi connectivity index (χ1n) is 14.6. The second kappa shape index (κ2) is 12.5. The molecule has 0 radical (unpaired) electrons. The molecule has 244 valence electrons. The molecular formula is C33H30Cl2F3N7O2. The van der Waals surface area contributed by atoms with Gasteiger partial charge in [-0.1, -0.05) is 43.6 Å². The quantitative estimate of drug-likeness (QED) is 0.108. The van der Waals surface area contributed by atoms with Gasteiger partial charge < -0.3 is 15.5 Å². The summed E-state index contributed by atoms with van der Waals surface area (Å²) in [7, 11) is 0. The number of fused-ring (bicyclic) bond motifs is 1. The predicted molar refractivity (Wildman–Crippen MR) is 177 cm³/mol. The number of nitriles is 1. The summed E-state index contributed by atoms with van der Waals surface area (Å²) in [5, 5.41) is 9.41. The summed E-state index contributed by atoms with van der Waals surface area (Å²) in [4.78, 5) is 39.6. The zero-order valence-electron chi connectivity index (χ0n) is 26.1. The first kappa shape index (κ1) is 33.8. The van der Waals surface area contributed by atoms with Gasteiger partial charge in [-0.25, -0.2) is 18.2 Å². The molecule has 4 heterocycles. The van der Waals surface area contributed by atoms with Crippen LogP contribution in [0.2, 0.25) is 10.0 Å². The Bertz CT molecular complexity index is 2050. The van der Waals surface area contributed by atoms with E-state index in [2.05, 4.69) is 16.5 Å². The van der Waals surface area contributed by atoms with Gasteiger partial charge in [-0.05, 0) is 50.5 Å². The lowest BCUT2D eigenvalue weighted by Gasteiger charge is -2.45. The summed E-state index contributed by atoms with van der Waals surface area (Å²) in [5.41, 5.74) is 3.72. The number of benzene rings is 1. The van der Waals surface area contributed by atoms with E-state index >= 15 is 8.78 Å². The van der Waals surface area contributed by atoms with Crippen LogP contribution in [0.25, 0.3) is 28.0 Å². The number of nitrogen functional groups attached to an aromatic ring is 1. The molecule has 0 spiro atoms. The van der Waals surface area contributed by atoms with Crippen molar-refractivity contribution in [3.63, 3.8) is 0 Å². The molecule has 0 saturated carbocycles. The second-order valence-corrected chi connectivity index (χ2v) is 12.6. The van der Waals surface area contributed by atoms with Gasteiger partial charge in [-0.2, -0.15) is 5.26 Å². The molecule has 3 aromatic heterocycles. The summed E-state index contributed by atoms with van der Waals surface area (Å²) in [6.07, 6.45) is 2.80. The number of aromatic nitrogens is 3. The maximum Gasteiger partial charge on any atom is 0.276 e. The molecule has 0 unspecified atom stereocenters. The maximum absolute atomic E-state index is 15.5. The van der Waals surface area contributed by atoms with Gasteiger partial charge in [0.1, 0.15) is 22.3 Å². The van der Waals surface area contributed by atoms with Crippen molar-refractivity contribution >= 4 is 51.5 Å². The van der Waals surface area contributed by atoms with Crippen molar-refractivity contribution in [2.75, 3.05) is 23.7 Å². The Morgan fingerprint density at radius 1 is 1.15 bits per heavy atom. The largest absolute Gasteiger partial charge is 0.395 e. The number of aryl methyl sites for hydroxylation is 1. The molecular weight excluding hydrogens is 654 g/mol. The highest BCUT2D eigenvalue weighted by atomic mass is 35.5. The van der Waals surface area contributed by atoms with Crippen molar-refractivity contribution < 1.29 is 18.0 Å². The minimum atomic E-state index is -1.68. The van der Waals surface area contributed by atoms with Gasteiger partial charge in [0, 0.05) is 36.8 Å². The summed E-state index contributed by atoms with van der Waals surface area (Å²) in [6.45, 7) is 13.1. The Morgan fingerprint density at radius 3 is 2.36 bits per heavy atom. The van der Waals surface area contributed by atoms with Crippen molar-refractivity contribution in [2.45, 2.75) is 52.6 Å². The van der Waals surface area contributed by atoms with Crippen LogP contribution in [0.15, 0.2) is 35.8 Å². The van der Waals surface area contributed by atoms with Crippen LogP contribution < -0.4 is 16.2 Å². The molecule has 1 amide bonds. The lowest BCUT2D eigenvalue weighted by molar-refractivity contribution is -0.130. The van der Waals surface area contributed by atoms with Gasteiger partial charge >= 0.3 is 0 Å². The molecule has 1 aliphatic rings. The Hall–Kier alpha value is -4.60. The van der Waals surface area contributed by atoms with E-state index in [1.807, 2.05) is 33.8 Å². The first-order chi connectivity index (χ1) is 22.2. The van der Waals surface area contributed by atoms with E-state index in [-0.39, 0.29) is 64.3 Å². The van der Waals surface area contributed by atoms with Crippen LogP contribution in [0.1, 0.15) is 50.4 Å². The van der Waals surface area contributed by atoms with Crippen molar-refractivity contribution in [3.8, 4) is 23.0 Å². The normalized spacial score (nSPS) is 16.6. The number of nitrogens with two attached hydrogens (primary N) is 1. The molecule has 5 rings (SSSR count). The van der Waals surface area contributed by atoms with E-state index in [9.17, 15) is 19.2 Å². The molecule has 1 fully saturated rings. The molecule has 2 atom stereocenters. The number of carbonyl (C=O) groups is 1. The zero-order valence-corrected chi connectivity index (χ0v) is 27.6. The summed E-state index contributed by atoms with van der Waals surface area (Å²) in [6, 6.07) is 4.31. The molecule has 1 aromatic carbocycles. The standard InChI is InChI=1S/C33H30Cl2F3N7O2/c1-7-21(46)44-16(5)12-43(13-17(44)6)31-18-10-20(34)29(22-24(36)26(38)23(35)27(40)25(22)37)42-32(18)45(33(47)19(31)11-39)30-15(4)8-9-41-28(30)14(2)3/h7-10,14,16-17H,1,12-13,40H2,2-6H3/t16-,17+. The second-order valence-electron chi connectivity index (χ2n) is 11.8. The van der Waals surface area contributed by atoms with Gasteiger partial charge in [0.2, 0.25) is 5.91 Å². The van der Waals surface area contributed by atoms with Crippen LogP contribution in [0.4, 0.5) is 24.5 Å². The number of hydrogen-bond acceptors (Lipinski definition) is 7. The number of nitrogens with zero attached hydrogens (tertiary/aromatic N) is 6. The van der Waals surface area contributed by atoms with Crippen molar-refractivity contribution in [2.24, 2.45) is 0 Å². The van der Waals surface area contributed by atoms with Crippen molar-refractivity contribution in [1.29, 1.82) is 5.26 Å². The number of piperazine rings is 1. The van der Waals surface area contributed by atoms with Gasteiger partial charge in [0.05, 0.1) is 39.0 Å². The third kappa shape index (κ3) is 5.37. The number of hydrogen-bond donors (Lipinski definition) is 1. The van der Waals surface area contributed by atoms with E-state index in [1.54, 1.807) is 29.0 Å². The molecule has 4 aromatic rings. The van der Waals surface area contributed by atoms with Crippen LogP contribution in [0, 0.1) is 35.7 Å². The third-order valence-corrected chi connectivity index (χ3v) is 8.97. The number of carbonyl (C=O) groups excluding carboxylic acids is 1. The van der Waals surface area contributed by atoms with Crippen molar-refractivity contribution in [1.82, 2.24) is 19.4 Å². The SMILES string of the molecule is C=CC(=O)N1[C@H](C)CN(c2c(C#N)c(=O)n(-c3c(C)ccnc3C(C)C)c3nc(-c4c(F)c(N)c(Cl)c(F)c4F)c(Cl)cc23)C[C@@H]1C. The Morgan fingerprint density at radius 2 is 1.79 bits per heavy atom. The highest BCUT2D eigenvalue weighted by Crippen LogP contribution is 2.42. The molecule has 1 saturated heterocycles. The van der Waals surface area contributed by atoms with Crippen LogP contribution in [0.5, 0.6) is 0 Å². The van der Waals surface area contributed by atoms with E-state index in [0.29, 0.717) is 16.9 Å². The summed E-state index contributed by atoms with van der Waals surface area (Å²) in [5.74, 6) is -5.15. The van der Waals surface area contributed by atoms with Gasteiger partial charge in [-0.15, -0.1) is 0 Å². The summed E-state index contributed by atoms with van der Waals surface area (Å²) >= 11 is 12.4. The Balaban J connectivity index is 1.95. The zero-order chi connectivity index (χ0) is 34.6. The molecule has 14 heteroatoms. The molecule has 0 bridgehead atoms. The topological polar surface area (TPSA) is 121 Å². The minimum Gasteiger partial charge on any atom is -0.395 e. The van der Waals surface area contributed by atoms with Crippen molar-refractivity contribution in [3.05, 3.63) is 85.7 Å². The van der Waals surface area contributed by atoms with E-state index in [4.69, 9.17) is 28.9 Å². The molecule has 2 N–H and O–H groups in total. The molecule has 9 nitrogen and oxygen atoms in total. The van der Waals surface area contributed by atoms with Crippen LogP contribution in [0.3, 0.4) is 0 Å². The lowest BCUT2D eigenvalue weighted by Crippen LogP contribution is -2.58. The van der Waals surface area contributed by atoms with Crippen LogP contribution in [-0.2, 0) is 4.79 Å². The maximum atomic E-state index is 15.5. The van der Waals surface area contributed by atoms with Crippen LogP contribution >= 0.6 is 23.2 Å². The fraction of sp³-hybridized carbons (Fsp3) is 0.303. The molecule has 47 heavy (non-hydrogen) atoms. The highest BCUT2D eigenvalue weighted by molar-refractivity contribution is 6.35. The number of amides is 1. The summed E-state index contributed by atoms with van der Waals surface area (Å²) < 4.78 is 46.9.